The Morgan fingerprint density at radius 1 is 1.15 bits per heavy atom. The second-order valence-electron chi connectivity index (χ2n) is 9.35. The van der Waals surface area contributed by atoms with E-state index in [2.05, 4.69) is 10.3 Å². The average molecular weight is 530 g/mol. The van der Waals surface area contributed by atoms with Crippen molar-refractivity contribution in [1.82, 2.24) is 4.98 Å². The fourth-order valence-electron chi connectivity index (χ4n) is 4.30. The number of carbonyl (C=O) groups is 3. The zero-order valence-electron chi connectivity index (χ0n) is 21.6. The summed E-state index contributed by atoms with van der Waals surface area (Å²) in [6.07, 6.45) is 5.67. The van der Waals surface area contributed by atoms with Crippen LogP contribution >= 0.6 is 0 Å². The lowest BCUT2D eigenvalue weighted by Crippen LogP contribution is -2.53. The molecule has 0 bridgehead atoms. The molecule has 11 nitrogen and oxygen atoms in total. The summed E-state index contributed by atoms with van der Waals surface area (Å²) in [4.78, 5) is 42.8. The zero-order chi connectivity index (χ0) is 28.2. The van der Waals surface area contributed by atoms with E-state index >= 15 is 0 Å². The molecule has 2 heterocycles. The van der Waals surface area contributed by atoms with Crippen LogP contribution < -0.4 is 25.4 Å². The number of nitrogens with one attached hydrogen (secondary N) is 1. The standard InChI is InChI=1S/C28H27N5O6/c1-28(2,14-18-6-8-20(9-7-18)31-26(35)19-5-4-12-32(37)16-19)33(27(36)25(29)34)21-10-11-22(23(13-21)38-3)24-15-30-17-39-24/h4-13,15-17H,14H2,1-3H3,(H2,29,34)(H,31,35). The average Bonchev–Trinajstić information content (AvgIpc) is 3.44. The first-order valence-corrected chi connectivity index (χ1v) is 11.9. The van der Waals surface area contributed by atoms with Crippen molar-refractivity contribution in [2.24, 2.45) is 5.73 Å². The van der Waals surface area contributed by atoms with Gasteiger partial charge in [0, 0.05) is 29.0 Å². The van der Waals surface area contributed by atoms with E-state index in [0.717, 1.165) is 5.56 Å². The minimum Gasteiger partial charge on any atom is -0.619 e. The van der Waals surface area contributed by atoms with Crippen molar-refractivity contribution >= 4 is 29.1 Å². The van der Waals surface area contributed by atoms with Gasteiger partial charge >= 0.3 is 11.8 Å². The van der Waals surface area contributed by atoms with Crippen LogP contribution in [0.1, 0.15) is 29.8 Å². The molecule has 0 fully saturated rings. The molecule has 0 aliphatic heterocycles. The molecular formula is C28H27N5O6. The Balaban J connectivity index is 1.58. The molecule has 0 aliphatic rings. The van der Waals surface area contributed by atoms with Gasteiger partial charge in [0.25, 0.3) is 5.91 Å². The molecule has 0 saturated carbocycles. The van der Waals surface area contributed by atoms with Crippen LogP contribution in [0.4, 0.5) is 11.4 Å². The third kappa shape index (κ3) is 6.04. The molecule has 3 N–H and O–H groups in total. The number of amides is 3. The maximum atomic E-state index is 13.0. The lowest BCUT2D eigenvalue weighted by Gasteiger charge is -2.38. The summed E-state index contributed by atoms with van der Waals surface area (Å²) in [5, 5.41) is 14.2. The van der Waals surface area contributed by atoms with E-state index in [1.807, 2.05) is 13.8 Å². The smallest absolute Gasteiger partial charge is 0.316 e. The van der Waals surface area contributed by atoms with Gasteiger partial charge in [-0.1, -0.05) is 12.1 Å². The van der Waals surface area contributed by atoms with Crippen molar-refractivity contribution in [1.29, 1.82) is 0 Å². The number of oxazole rings is 1. The highest BCUT2D eigenvalue weighted by atomic mass is 16.5. The Bertz CT molecular complexity index is 1500. The van der Waals surface area contributed by atoms with E-state index in [9.17, 15) is 19.6 Å². The summed E-state index contributed by atoms with van der Waals surface area (Å²) < 4.78 is 11.4. The van der Waals surface area contributed by atoms with Crippen LogP contribution in [0, 0.1) is 5.21 Å². The quantitative estimate of drug-likeness (QED) is 0.202. The molecule has 0 atom stereocenters. The Labute approximate surface area is 224 Å². The molecule has 200 valence electrons. The number of rotatable bonds is 8. The second kappa shape index (κ2) is 11.1. The number of pyridine rings is 1. The third-order valence-electron chi connectivity index (χ3n) is 6.05. The van der Waals surface area contributed by atoms with Crippen molar-refractivity contribution in [2.45, 2.75) is 25.8 Å². The Hall–Kier alpha value is -5.19. The number of carbonyl (C=O) groups excluding carboxylic acids is 3. The first-order valence-electron chi connectivity index (χ1n) is 11.9. The maximum Gasteiger partial charge on any atom is 0.316 e. The van der Waals surface area contributed by atoms with Gasteiger partial charge in [-0.05, 0) is 56.2 Å². The van der Waals surface area contributed by atoms with Gasteiger partial charge in [-0.2, -0.15) is 4.73 Å². The van der Waals surface area contributed by atoms with Crippen LogP contribution in [0.25, 0.3) is 11.3 Å². The number of hydrogen-bond donors (Lipinski definition) is 2. The van der Waals surface area contributed by atoms with Crippen molar-refractivity contribution in [3.05, 3.63) is 95.9 Å². The molecule has 4 rings (SSSR count). The van der Waals surface area contributed by atoms with E-state index < -0.39 is 23.3 Å². The summed E-state index contributed by atoms with van der Waals surface area (Å²) >= 11 is 0. The first kappa shape index (κ1) is 26.9. The molecular weight excluding hydrogens is 502 g/mol. The van der Waals surface area contributed by atoms with Gasteiger partial charge in [-0.25, -0.2) is 4.98 Å². The number of methoxy groups -OCH3 is 1. The molecule has 39 heavy (non-hydrogen) atoms. The van der Waals surface area contributed by atoms with Crippen molar-refractivity contribution in [2.75, 3.05) is 17.3 Å². The zero-order valence-corrected chi connectivity index (χ0v) is 21.6. The van der Waals surface area contributed by atoms with Gasteiger partial charge < -0.3 is 25.4 Å². The van der Waals surface area contributed by atoms with Gasteiger partial charge in [0.2, 0.25) is 0 Å². The molecule has 2 aromatic carbocycles. The number of aromatic nitrogens is 2. The fourth-order valence-corrected chi connectivity index (χ4v) is 4.30. The lowest BCUT2D eigenvalue weighted by molar-refractivity contribution is -0.605. The highest BCUT2D eigenvalue weighted by molar-refractivity contribution is 6.40. The first-order chi connectivity index (χ1) is 18.6. The fraction of sp³-hybridized carbons (Fsp3) is 0.179. The van der Waals surface area contributed by atoms with E-state index in [1.165, 1.54) is 42.9 Å². The van der Waals surface area contributed by atoms with E-state index in [-0.39, 0.29) is 5.56 Å². The highest BCUT2D eigenvalue weighted by Crippen LogP contribution is 2.36. The number of benzene rings is 2. The van der Waals surface area contributed by atoms with E-state index in [4.69, 9.17) is 14.9 Å². The number of anilines is 2. The van der Waals surface area contributed by atoms with Crippen molar-refractivity contribution in [3.8, 4) is 17.1 Å². The SMILES string of the molecule is COc1cc(N(C(=O)C(N)=O)C(C)(C)Cc2ccc(NC(=O)c3ccc[n+]([O-])c3)cc2)ccc1-c1cnco1. The van der Waals surface area contributed by atoms with Gasteiger partial charge in [0.1, 0.15) is 11.3 Å². The monoisotopic (exact) mass is 529 g/mol. The molecule has 3 amide bonds. The van der Waals surface area contributed by atoms with Crippen LogP contribution in [0.3, 0.4) is 0 Å². The Morgan fingerprint density at radius 2 is 1.90 bits per heavy atom. The maximum absolute atomic E-state index is 13.0. The minimum atomic E-state index is -1.10. The number of hydrogen-bond acceptors (Lipinski definition) is 7. The Morgan fingerprint density at radius 3 is 2.51 bits per heavy atom. The van der Waals surface area contributed by atoms with Crippen LogP contribution in [0.15, 0.2) is 84.0 Å². The number of nitrogens with two attached hydrogens (primary N) is 1. The summed E-state index contributed by atoms with van der Waals surface area (Å²) in [6.45, 7) is 3.63. The molecule has 0 radical (unpaired) electrons. The van der Waals surface area contributed by atoms with Gasteiger partial charge in [0.15, 0.2) is 24.5 Å². The number of ether oxygens (including phenoxy) is 1. The van der Waals surface area contributed by atoms with Gasteiger partial charge in [-0.15, -0.1) is 0 Å². The normalized spacial score (nSPS) is 11.1. The predicted molar refractivity (Wildman–Crippen MR) is 143 cm³/mol. The van der Waals surface area contributed by atoms with Gasteiger partial charge in [0.05, 0.1) is 18.9 Å². The second-order valence-corrected chi connectivity index (χ2v) is 9.35. The number of primary amides is 1. The van der Waals surface area contributed by atoms with Crippen LogP contribution in [0.5, 0.6) is 5.75 Å². The molecule has 11 heteroatoms. The van der Waals surface area contributed by atoms with Crippen LogP contribution in [-0.2, 0) is 16.0 Å². The topological polar surface area (TPSA) is 155 Å². The predicted octanol–water partition coefficient (Wildman–Crippen LogP) is 3.08. The van der Waals surface area contributed by atoms with E-state index in [0.29, 0.717) is 39.6 Å². The molecule has 0 aliphatic carbocycles. The largest absolute Gasteiger partial charge is 0.619 e. The summed E-state index contributed by atoms with van der Waals surface area (Å²) in [5.41, 5.74) is 7.14. The summed E-state index contributed by atoms with van der Waals surface area (Å²) in [6, 6.07) is 15.1. The lowest BCUT2D eigenvalue weighted by atomic mass is 9.91. The molecule has 2 aromatic heterocycles. The third-order valence-corrected chi connectivity index (χ3v) is 6.05. The molecule has 0 unspecified atom stereocenters. The minimum absolute atomic E-state index is 0.225. The van der Waals surface area contributed by atoms with E-state index in [1.54, 1.807) is 48.7 Å². The highest BCUT2D eigenvalue weighted by Gasteiger charge is 2.35. The number of nitrogens with zero attached hydrogens (tertiary/aromatic N) is 3. The van der Waals surface area contributed by atoms with Crippen molar-refractivity contribution in [3.63, 3.8) is 0 Å². The summed E-state index contributed by atoms with van der Waals surface area (Å²) in [7, 11) is 1.49. The Kier molecular flexibility index (Phi) is 7.61. The van der Waals surface area contributed by atoms with Crippen LogP contribution in [-0.4, -0.2) is 35.4 Å². The molecule has 4 aromatic rings. The summed E-state index contributed by atoms with van der Waals surface area (Å²) in [5.74, 6) is -1.49. The van der Waals surface area contributed by atoms with Crippen molar-refractivity contribution < 1.29 is 28.3 Å². The van der Waals surface area contributed by atoms with Gasteiger partial charge in [-0.3, -0.25) is 19.3 Å². The molecule has 0 spiro atoms. The molecule has 0 saturated heterocycles. The van der Waals surface area contributed by atoms with Crippen LogP contribution in [0.2, 0.25) is 0 Å².